The van der Waals surface area contributed by atoms with Gasteiger partial charge in [0.05, 0.1) is 17.7 Å². The lowest BCUT2D eigenvalue weighted by Gasteiger charge is -2.49. The molecule has 2 aliphatic heterocycles. The van der Waals surface area contributed by atoms with E-state index in [1.54, 1.807) is 12.4 Å². The number of ether oxygens (including phenoxy) is 1. The van der Waals surface area contributed by atoms with Crippen LogP contribution in [0.25, 0.3) is 16.9 Å². The van der Waals surface area contributed by atoms with Gasteiger partial charge in [0.2, 0.25) is 0 Å². The molecule has 4 atom stereocenters. The molecule has 6 rings (SSSR count). The Balaban J connectivity index is 1.37. The fraction of sp³-hybridized carbons (Fsp3) is 0.571. The number of hydrogen-bond acceptors (Lipinski definition) is 7. The average molecular weight is 555 g/mol. The van der Waals surface area contributed by atoms with Gasteiger partial charge in [-0.3, -0.25) is 4.90 Å². The molecule has 1 aromatic carbocycles. The van der Waals surface area contributed by atoms with E-state index < -0.39 is 0 Å². The number of rotatable bonds is 6. The minimum absolute atomic E-state index is 0.113. The highest BCUT2D eigenvalue weighted by atomic mass is 35.5. The quantitative estimate of drug-likeness (QED) is 0.330. The molecule has 2 fully saturated rings. The fourth-order valence-electron chi connectivity index (χ4n) is 6.45. The summed E-state index contributed by atoms with van der Waals surface area (Å²) < 4.78 is 24.1. The lowest BCUT2D eigenvalue weighted by Crippen LogP contribution is -2.58. The van der Waals surface area contributed by atoms with Crippen LogP contribution in [0.2, 0.25) is 5.02 Å². The maximum Gasteiger partial charge on any atom is 0.258 e. The zero-order valence-corrected chi connectivity index (χ0v) is 23.9. The van der Waals surface area contributed by atoms with Gasteiger partial charge in [0.1, 0.15) is 23.5 Å². The Bertz CT molecular complexity index is 1500. The van der Waals surface area contributed by atoms with Gasteiger partial charge in [0.25, 0.3) is 5.78 Å². The van der Waals surface area contributed by atoms with Crippen LogP contribution in [-0.4, -0.2) is 71.9 Å². The van der Waals surface area contributed by atoms with Gasteiger partial charge in [-0.15, -0.1) is 10.2 Å². The minimum atomic E-state index is -0.387. The number of benzene rings is 1. The summed E-state index contributed by atoms with van der Waals surface area (Å²) in [5.41, 5.74) is 2.85. The fourth-order valence-corrected chi connectivity index (χ4v) is 6.64. The van der Waals surface area contributed by atoms with Gasteiger partial charge in [-0.2, -0.15) is 4.98 Å². The molecule has 3 aromatic heterocycles. The zero-order chi connectivity index (χ0) is 27.4. The molecule has 208 valence electrons. The van der Waals surface area contributed by atoms with E-state index in [4.69, 9.17) is 26.3 Å². The lowest BCUT2D eigenvalue weighted by atomic mass is 9.91. The van der Waals surface area contributed by atoms with Crippen molar-refractivity contribution >= 4 is 34.4 Å². The Morgan fingerprint density at radius 2 is 1.97 bits per heavy atom. The first-order chi connectivity index (χ1) is 18.7. The standard InChI is InChI=1S/C28H36ClFN8O/c1-16(2)25(20-8-9-23(30)22(29)11-20)35-12-18(4)36(13-17(35)3)26-24-27(38-15-31-34-28(38)33-26)37(19(5)32-24)14-21-7-6-10-39-21/h8-9,11,15-18,21,25H,6-7,10,12-14H2,1-5H3/t17-,18+,21+,25-/m1/s1. The normalized spacial score (nSPS) is 23.5. The highest BCUT2D eigenvalue weighted by Crippen LogP contribution is 2.37. The maximum atomic E-state index is 14.0. The van der Waals surface area contributed by atoms with Crippen LogP contribution in [0.4, 0.5) is 10.2 Å². The summed E-state index contributed by atoms with van der Waals surface area (Å²) in [5, 5.41) is 8.66. The molecule has 0 radical (unpaired) electrons. The molecule has 2 saturated heterocycles. The first kappa shape index (κ1) is 26.4. The van der Waals surface area contributed by atoms with E-state index >= 15 is 0 Å². The summed E-state index contributed by atoms with van der Waals surface area (Å²) in [6.45, 7) is 14.1. The van der Waals surface area contributed by atoms with E-state index in [1.165, 1.54) is 6.07 Å². The molecule has 9 nitrogen and oxygen atoms in total. The number of piperazine rings is 1. The van der Waals surface area contributed by atoms with Crippen molar-refractivity contribution < 1.29 is 9.13 Å². The summed E-state index contributed by atoms with van der Waals surface area (Å²) in [6.07, 6.45) is 4.04. The Hall–Kier alpha value is -2.82. The van der Waals surface area contributed by atoms with Gasteiger partial charge in [0.15, 0.2) is 11.5 Å². The van der Waals surface area contributed by atoms with Gasteiger partial charge in [0, 0.05) is 37.8 Å². The number of halogens is 2. The van der Waals surface area contributed by atoms with Gasteiger partial charge >= 0.3 is 0 Å². The molecule has 0 bridgehead atoms. The van der Waals surface area contributed by atoms with E-state index in [-0.39, 0.29) is 35.1 Å². The summed E-state index contributed by atoms with van der Waals surface area (Å²) >= 11 is 6.19. The summed E-state index contributed by atoms with van der Waals surface area (Å²) in [4.78, 5) is 14.9. The molecule has 39 heavy (non-hydrogen) atoms. The van der Waals surface area contributed by atoms with Crippen molar-refractivity contribution in [2.75, 3.05) is 24.6 Å². The van der Waals surface area contributed by atoms with Crippen molar-refractivity contribution in [3.63, 3.8) is 0 Å². The van der Waals surface area contributed by atoms with Crippen molar-refractivity contribution in [3.8, 4) is 0 Å². The Morgan fingerprint density at radius 1 is 1.15 bits per heavy atom. The second-order valence-electron chi connectivity index (χ2n) is 11.4. The van der Waals surface area contributed by atoms with E-state index in [9.17, 15) is 4.39 Å². The summed E-state index contributed by atoms with van der Waals surface area (Å²) in [6, 6.07) is 5.59. The van der Waals surface area contributed by atoms with Crippen LogP contribution in [0.5, 0.6) is 0 Å². The largest absolute Gasteiger partial charge is 0.376 e. The average Bonchev–Trinajstić information content (AvgIpc) is 3.64. The van der Waals surface area contributed by atoms with Crippen LogP contribution in [0.3, 0.4) is 0 Å². The second kappa shape index (κ2) is 10.3. The predicted octanol–water partition coefficient (Wildman–Crippen LogP) is 5.05. The number of nitrogens with zero attached hydrogens (tertiary/aromatic N) is 8. The van der Waals surface area contributed by atoms with Crippen LogP contribution in [0.15, 0.2) is 24.5 Å². The van der Waals surface area contributed by atoms with Crippen LogP contribution in [-0.2, 0) is 11.3 Å². The minimum Gasteiger partial charge on any atom is -0.376 e. The molecular formula is C28H36ClFN8O. The van der Waals surface area contributed by atoms with Crippen molar-refractivity contribution in [1.82, 2.24) is 34.0 Å². The third kappa shape index (κ3) is 4.66. The maximum absolute atomic E-state index is 14.0. The SMILES string of the molecule is Cc1nc2c(N3C[C@@H](C)N([C@@H](c4ccc(F)c(Cl)c4)C(C)C)C[C@@H]3C)nc3nncn3c2n1C[C@@H]1CCCO1. The van der Waals surface area contributed by atoms with Crippen LogP contribution >= 0.6 is 11.6 Å². The highest BCUT2D eigenvalue weighted by Gasteiger charge is 2.37. The first-order valence-electron chi connectivity index (χ1n) is 13.9. The second-order valence-corrected chi connectivity index (χ2v) is 11.8. The zero-order valence-electron chi connectivity index (χ0n) is 23.2. The summed E-state index contributed by atoms with van der Waals surface area (Å²) in [5.74, 6) is 2.26. The predicted molar refractivity (Wildman–Crippen MR) is 150 cm³/mol. The van der Waals surface area contributed by atoms with E-state index in [0.29, 0.717) is 11.7 Å². The molecule has 5 heterocycles. The number of aromatic nitrogens is 6. The third-order valence-corrected chi connectivity index (χ3v) is 8.59. The molecule has 11 heteroatoms. The summed E-state index contributed by atoms with van der Waals surface area (Å²) in [7, 11) is 0. The highest BCUT2D eigenvalue weighted by molar-refractivity contribution is 6.30. The molecule has 4 aromatic rings. The topological polar surface area (TPSA) is 76.6 Å². The van der Waals surface area contributed by atoms with Crippen LogP contribution in [0, 0.1) is 18.7 Å². The van der Waals surface area contributed by atoms with Crippen molar-refractivity contribution in [2.24, 2.45) is 5.92 Å². The lowest BCUT2D eigenvalue weighted by molar-refractivity contribution is 0.0821. The Labute approximate surface area is 232 Å². The third-order valence-electron chi connectivity index (χ3n) is 8.30. The monoisotopic (exact) mass is 554 g/mol. The Morgan fingerprint density at radius 3 is 2.69 bits per heavy atom. The smallest absolute Gasteiger partial charge is 0.258 e. The molecule has 0 N–H and O–H groups in total. The van der Waals surface area contributed by atoms with E-state index in [1.807, 2.05) is 17.4 Å². The number of hydrogen-bond donors (Lipinski definition) is 0. The van der Waals surface area contributed by atoms with Gasteiger partial charge in [-0.05, 0) is 57.2 Å². The first-order valence-corrected chi connectivity index (χ1v) is 14.3. The van der Waals surface area contributed by atoms with Gasteiger partial charge < -0.3 is 14.2 Å². The molecule has 0 spiro atoms. The molecule has 0 aliphatic carbocycles. The van der Waals surface area contributed by atoms with E-state index in [0.717, 1.165) is 67.5 Å². The molecule has 0 unspecified atom stereocenters. The number of imidazole rings is 1. The number of aryl methyl sites for hydroxylation is 1. The van der Waals surface area contributed by atoms with Crippen LogP contribution in [0.1, 0.15) is 58.0 Å². The van der Waals surface area contributed by atoms with Crippen molar-refractivity contribution in [3.05, 3.63) is 46.8 Å². The Kier molecular flexibility index (Phi) is 6.97. The molecule has 0 amide bonds. The van der Waals surface area contributed by atoms with Crippen LogP contribution < -0.4 is 4.90 Å². The van der Waals surface area contributed by atoms with Gasteiger partial charge in [-0.1, -0.05) is 31.5 Å². The number of fused-ring (bicyclic) bond motifs is 3. The van der Waals surface area contributed by atoms with Crippen molar-refractivity contribution in [1.29, 1.82) is 0 Å². The van der Waals surface area contributed by atoms with E-state index in [2.05, 4.69) is 52.3 Å². The number of anilines is 1. The molecule has 2 aliphatic rings. The molecule has 0 saturated carbocycles. The van der Waals surface area contributed by atoms with Gasteiger partial charge in [-0.25, -0.2) is 13.8 Å². The van der Waals surface area contributed by atoms with Crippen molar-refractivity contribution in [2.45, 2.75) is 78.2 Å². The molecular weight excluding hydrogens is 519 g/mol.